The minimum atomic E-state index is -0.343. The average molecular weight is 397 g/mol. The molecule has 0 unspecified atom stereocenters. The molecule has 0 aliphatic heterocycles. The van der Waals surface area contributed by atoms with Crippen LogP contribution < -0.4 is 15.0 Å². The molecule has 5 rings (SSSR count). The Labute approximate surface area is 170 Å². The first kappa shape index (κ1) is 17.6. The maximum absolute atomic E-state index is 12.1. The predicted molar refractivity (Wildman–Crippen MR) is 111 cm³/mol. The third-order valence-corrected chi connectivity index (χ3v) is 4.30. The van der Waals surface area contributed by atoms with Gasteiger partial charge in [-0.2, -0.15) is 0 Å². The monoisotopic (exact) mass is 397 g/mol. The normalized spacial score (nSPS) is 10.8. The van der Waals surface area contributed by atoms with Crippen molar-refractivity contribution in [3.05, 3.63) is 89.7 Å². The highest BCUT2D eigenvalue weighted by atomic mass is 16.5. The van der Waals surface area contributed by atoms with Crippen molar-refractivity contribution in [3.63, 3.8) is 0 Å². The van der Waals surface area contributed by atoms with Gasteiger partial charge in [0.2, 0.25) is 0 Å². The van der Waals surface area contributed by atoms with Crippen LogP contribution in [-0.4, -0.2) is 24.9 Å². The fraction of sp³-hybridized carbons (Fsp3) is 0. The largest absolute Gasteiger partial charge is 0.456 e. The van der Waals surface area contributed by atoms with E-state index in [4.69, 9.17) is 9.47 Å². The van der Waals surface area contributed by atoms with Gasteiger partial charge >= 0.3 is 0 Å². The second kappa shape index (κ2) is 7.51. The van der Waals surface area contributed by atoms with Crippen molar-refractivity contribution in [2.24, 2.45) is 0 Å². The van der Waals surface area contributed by atoms with Gasteiger partial charge in [-0.25, -0.2) is 4.98 Å². The topological polar surface area (TPSA) is 106 Å². The molecular formula is C22H15N5O3. The van der Waals surface area contributed by atoms with Gasteiger partial charge in [-0.05, 0) is 36.4 Å². The fourth-order valence-electron chi connectivity index (χ4n) is 2.97. The first-order valence-electron chi connectivity index (χ1n) is 9.15. The van der Waals surface area contributed by atoms with Crippen molar-refractivity contribution in [2.45, 2.75) is 0 Å². The Kier molecular flexibility index (Phi) is 4.41. The Morgan fingerprint density at radius 3 is 2.63 bits per heavy atom. The molecule has 5 aromatic rings. The Bertz CT molecular complexity index is 1360. The van der Waals surface area contributed by atoms with E-state index in [1.807, 2.05) is 24.3 Å². The van der Waals surface area contributed by atoms with Gasteiger partial charge in [-0.1, -0.05) is 6.07 Å². The summed E-state index contributed by atoms with van der Waals surface area (Å²) in [5.74, 6) is 2.19. The second-order valence-electron chi connectivity index (χ2n) is 6.37. The van der Waals surface area contributed by atoms with E-state index in [2.05, 4.69) is 24.9 Å². The summed E-state index contributed by atoms with van der Waals surface area (Å²) in [5.41, 5.74) is 1.58. The maximum atomic E-state index is 12.1. The van der Waals surface area contributed by atoms with Crippen LogP contribution in [0.3, 0.4) is 0 Å². The molecule has 0 aliphatic rings. The van der Waals surface area contributed by atoms with Crippen LogP contribution in [0.15, 0.2) is 84.2 Å². The number of nitrogens with one attached hydrogen (secondary N) is 2. The number of imidazole rings is 1. The maximum Gasteiger partial charge on any atom is 0.290 e. The molecule has 1 aromatic carbocycles. The van der Waals surface area contributed by atoms with Crippen LogP contribution in [0, 0.1) is 0 Å². The Morgan fingerprint density at radius 2 is 1.83 bits per heavy atom. The first-order valence-corrected chi connectivity index (χ1v) is 9.15. The molecule has 30 heavy (non-hydrogen) atoms. The molecule has 4 heterocycles. The average Bonchev–Trinajstić information content (AvgIpc) is 3.21. The number of hydrogen-bond donors (Lipinski definition) is 2. The van der Waals surface area contributed by atoms with E-state index < -0.39 is 0 Å². The lowest BCUT2D eigenvalue weighted by molar-refractivity contribution is 0.459. The molecule has 0 bridgehead atoms. The van der Waals surface area contributed by atoms with Crippen molar-refractivity contribution in [3.8, 4) is 34.5 Å². The quantitative estimate of drug-likeness (QED) is 0.458. The molecule has 8 heteroatoms. The summed E-state index contributed by atoms with van der Waals surface area (Å²) >= 11 is 0. The summed E-state index contributed by atoms with van der Waals surface area (Å²) < 4.78 is 11.8. The van der Waals surface area contributed by atoms with Crippen LogP contribution in [0.4, 0.5) is 0 Å². The number of nitrogens with zero attached hydrogens (tertiary/aromatic N) is 3. The predicted octanol–water partition coefficient (Wildman–Crippen LogP) is 4.29. The van der Waals surface area contributed by atoms with E-state index >= 15 is 0 Å². The first-order chi connectivity index (χ1) is 14.8. The number of H-pyrrole nitrogens is 2. The number of rotatable bonds is 5. The summed E-state index contributed by atoms with van der Waals surface area (Å²) in [6.07, 6.45) is 6.51. The SMILES string of the molecule is O=c1[nH]cccc1Oc1cc(Oc2cccnc2)cc2[nH]c(-c3ccccn3)nc12. The highest BCUT2D eigenvalue weighted by Crippen LogP contribution is 2.35. The second-order valence-corrected chi connectivity index (χ2v) is 6.37. The number of aromatic amines is 2. The number of hydrogen-bond acceptors (Lipinski definition) is 6. The molecule has 4 aromatic heterocycles. The molecule has 0 saturated carbocycles. The summed E-state index contributed by atoms with van der Waals surface area (Å²) in [5, 5.41) is 0. The van der Waals surface area contributed by atoms with Crippen LogP contribution in [0.25, 0.3) is 22.6 Å². The Morgan fingerprint density at radius 1 is 0.867 bits per heavy atom. The highest BCUT2D eigenvalue weighted by Gasteiger charge is 2.15. The summed E-state index contributed by atoms with van der Waals surface area (Å²) in [7, 11) is 0. The third-order valence-electron chi connectivity index (χ3n) is 4.30. The molecule has 0 radical (unpaired) electrons. The van der Waals surface area contributed by atoms with Gasteiger partial charge in [-0.3, -0.25) is 14.8 Å². The smallest absolute Gasteiger partial charge is 0.290 e. The van der Waals surface area contributed by atoms with Crippen molar-refractivity contribution in [1.82, 2.24) is 24.9 Å². The van der Waals surface area contributed by atoms with Crippen LogP contribution in [0.1, 0.15) is 0 Å². The van der Waals surface area contributed by atoms with E-state index in [1.54, 1.807) is 55.1 Å². The van der Waals surface area contributed by atoms with Gasteiger partial charge in [0.05, 0.1) is 11.7 Å². The lowest BCUT2D eigenvalue weighted by atomic mass is 10.2. The molecule has 0 saturated heterocycles. The van der Waals surface area contributed by atoms with E-state index in [1.165, 1.54) is 0 Å². The van der Waals surface area contributed by atoms with Crippen LogP contribution in [0.2, 0.25) is 0 Å². The highest BCUT2D eigenvalue weighted by molar-refractivity contribution is 5.86. The molecule has 0 atom stereocenters. The molecule has 0 fully saturated rings. The molecule has 0 spiro atoms. The lowest BCUT2D eigenvalue weighted by Crippen LogP contribution is -2.07. The number of ether oxygens (including phenoxy) is 2. The van der Waals surface area contributed by atoms with Crippen LogP contribution >= 0.6 is 0 Å². The van der Waals surface area contributed by atoms with Crippen molar-refractivity contribution < 1.29 is 9.47 Å². The van der Waals surface area contributed by atoms with Crippen LogP contribution in [0.5, 0.6) is 23.0 Å². The lowest BCUT2D eigenvalue weighted by Gasteiger charge is -2.09. The van der Waals surface area contributed by atoms with E-state index in [-0.39, 0.29) is 11.3 Å². The Hall–Kier alpha value is -4.46. The van der Waals surface area contributed by atoms with Crippen molar-refractivity contribution in [1.29, 1.82) is 0 Å². The van der Waals surface area contributed by atoms with Crippen molar-refractivity contribution >= 4 is 11.0 Å². The fourth-order valence-corrected chi connectivity index (χ4v) is 2.97. The van der Waals surface area contributed by atoms with Gasteiger partial charge in [0.25, 0.3) is 5.56 Å². The molecule has 0 amide bonds. The van der Waals surface area contributed by atoms with Gasteiger partial charge in [0.15, 0.2) is 17.3 Å². The van der Waals surface area contributed by atoms with Gasteiger partial charge < -0.3 is 19.4 Å². The van der Waals surface area contributed by atoms with Gasteiger partial charge in [-0.15, -0.1) is 0 Å². The van der Waals surface area contributed by atoms with Crippen molar-refractivity contribution in [2.75, 3.05) is 0 Å². The summed E-state index contributed by atoms with van der Waals surface area (Å²) in [4.78, 5) is 31.0. The minimum absolute atomic E-state index is 0.153. The number of pyridine rings is 3. The van der Waals surface area contributed by atoms with E-state index in [0.717, 1.165) is 0 Å². The Balaban J connectivity index is 1.63. The van der Waals surface area contributed by atoms with E-state index in [9.17, 15) is 4.79 Å². The number of fused-ring (bicyclic) bond motifs is 1. The van der Waals surface area contributed by atoms with Gasteiger partial charge in [0.1, 0.15) is 22.7 Å². The van der Waals surface area contributed by atoms with Gasteiger partial charge in [0, 0.05) is 30.7 Å². The minimum Gasteiger partial charge on any atom is -0.456 e. The number of benzene rings is 1. The third kappa shape index (κ3) is 3.49. The molecular weight excluding hydrogens is 382 g/mol. The zero-order valence-corrected chi connectivity index (χ0v) is 15.6. The standard InChI is InChI=1S/C22H15N5O3/c28-22-18(7-4-10-25-22)30-19-12-15(29-14-5-3-8-23-13-14)11-17-20(19)27-21(26-17)16-6-1-2-9-24-16/h1-13H,(H,25,28)(H,26,27). The zero-order chi connectivity index (χ0) is 20.3. The summed E-state index contributed by atoms with van der Waals surface area (Å²) in [6, 6.07) is 15.9. The number of aromatic nitrogens is 5. The molecule has 2 N–H and O–H groups in total. The molecule has 146 valence electrons. The molecule has 8 nitrogen and oxygen atoms in total. The molecule has 0 aliphatic carbocycles. The summed E-state index contributed by atoms with van der Waals surface area (Å²) in [6.45, 7) is 0. The van der Waals surface area contributed by atoms with E-state index in [0.29, 0.717) is 39.8 Å². The zero-order valence-electron chi connectivity index (χ0n) is 15.6. The van der Waals surface area contributed by atoms with Crippen LogP contribution in [-0.2, 0) is 0 Å².